The second kappa shape index (κ2) is 7.21. The van der Waals surface area contributed by atoms with Gasteiger partial charge in [-0.3, -0.25) is 4.68 Å². The molecule has 2 atom stereocenters. The second-order valence-corrected chi connectivity index (χ2v) is 6.55. The first-order valence-electron chi connectivity index (χ1n) is 8.43. The van der Waals surface area contributed by atoms with E-state index in [1.54, 1.807) is 22.7 Å². The monoisotopic (exact) mass is 348 g/mol. The molecule has 1 aromatic carbocycles. The van der Waals surface area contributed by atoms with Crippen LogP contribution < -0.4 is 5.32 Å². The summed E-state index contributed by atoms with van der Waals surface area (Å²) in [7, 11) is 1.85. The summed E-state index contributed by atoms with van der Waals surface area (Å²) < 4.78 is 28.6. The van der Waals surface area contributed by atoms with E-state index in [0.717, 1.165) is 24.5 Å². The minimum atomic E-state index is -0.603. The van der Waals surface area contributed by atoms with Crippen LogP contribution in [-0.2, 0) is 7.05 Å². The molecule has 0 aliphatic carbocycles. The molecule has 7 heteroatoms. The molecule has 0 saturated carbocycles. The maximum Gasteiger partial charge on any atom is 0.317 e. The van der Waals surface area contributed by atoms with Crippen LogP contribution in [0.5, 0.6) is 0 Å². The van der Waals surface area contributed by atoms with Crippen LogP contribution in [0.15, 0.2) is 30.6 Å². The van der Waals surface area contributed by atoms with E-state index < -0.39 is 11.6 Å². The number of benzene rings is 1. The molecule has 1 aliphatic heterocycles. The number of carbonyl (C=O) groups excluding carboxylic acids is 1. The summed E-state index contributed by atoms with van der Waals surface area (Å²) >= 11 is 0. The first-order chi connectivity index (χ1) is 12.0. The van der Waals surface area contributed by atoms with Crippen LogP contribution in [0, 0.1) is 11.6 Å². The molecule has 3 rings (SSSR count). The van der Waals surface area contributed by atoms with Gasteiger partial charge in [-0.2, -0.15) is 5.10 Å². The molecular formula is C18H22F2N4O. The Morgan fingerprint density at radius 3 is 2.92 bits per heavy atom. The lowest BCUT2D eigenvalue weighted by Gasteiger charge is -2.25. The number of hydrogen-bond acceptors (Lipinski definition) is 2. The Kier molecular flexibility index (Phi) is 5.01. The molecule has 0 bridgehead atoms. The highest BCUT2D eigenvalue weighted by Gasteiger charge is 2.30. The number of halogens is 2. The predicted molar refractivity (Wildman–Crippen MR) is 90.1 cm³/mol. The smallest absolute Gasteiger partial charge is 0.317 e. The average Bonchev–Trinajstić information content (AvgIpc) is 3.20. The lowest BCUT2D eigenvalue weighted by Crippen LogP contribution is -2.40. The van der Waals surface area contributed by atoms with Crippen LogP contribution >= 0.6 is 0 Å². The molecule has 2 heterocycles. The number of carbonyl (C=O) groups is 1. The predicted octanol–water partition coefficient (Wildman–Crippen LogP) is 3.35. The van der Waals surface area contributed by atoms with Gasteiger partial charge in [0.2, 0.25) is 0 Å². The van der Waals surface area contributed by atoms with Crippen LogP contribution in [0.3, 0.4) is 0 Å². The van der Waals surface area contributed by atoms with Crippen LogP contribution in [0.25, 0.3) is 0 Å². The fourth-order valence-electron chi connectivity index (χ4n) is 3.32. The van der Waals surface area contributed by atoms with Gasteiger partial charge >= 0.3 is 6.03 Å². The van der Waals surface area contributed by atoms with Gasteiger partial charge in [0.25, 0.3) is 0 Å². The molecule has 0 radical (unpaired) electrons. The number of aromatic nitrogens is 2. The third kappa shape index (κ3) is 3.81. The Bertz CT molecular complexity index is 761. The Balaban J connectivity index is 1.61. The van der Waals surface area contributed by atoms with Crippen molar-refractivity contribution in [3.63, 3.8) is 0 Å². The first kappa shape index (κ1) is 17.4. The summed E-state index contributed by atoms with van der Waals surface area (Å²) in [6.45, 7) is 2.78. The summed E-state index contributed by atoms with van der Waals surface area (Å²) in [6.07, 6.45) is 5.55. The number of rotatable bonds is 4. The van der Waals surface area contributed by atoms with Gasteiger partial charge in [-0.05, 0) is 24.5 Å². The van der Waals surface area contributed by atoms with Crippen molar-refractivity contribution in [2.75, 3.05) is 13.1 Å². The Hall–Kier alpha value is -2.44. The Morgan fingerprint density at radius 1 is 1.44 bits per heavy atom. The van der Waals surface area contributed by atoms with E-state index in [9.17, 15) is 13.6 Å². The van der Waals surface area contributed by atoms with Crippen LogP contribution in [0.4, 0.5) is 13.6 Å². The maximum absolute atomic E-state index is 13.8. The van der Waals surface area contributed by atoms with Crippen LogP contribution in [0.2, 0.25) is 0 Å². The zero-order valence-corrected chi connectivity index (χ0v) is 14.4. The van der Waals surface area contributed by atoms with Gasteiger partial charge in [0.15, 0.2) is 0 Å². The fourth-order valence-corrected chi connectivity index (χ4v) is 3.32. The van der Waals surface area contributed by atoms with E-state index >= 15 is 0 Å². The molecule has 2 amide bonds. The largest absolute Gasteiger partial charge is 0.337 e. The maximum atomic E-state index is 13.8. The molecule has 1 N–H and O–H groups in total. The number of amides is 2. The summed E-state index contributed by atoms with van der Waals surface area (Å²) in [4.78, 5) is 14.3. The van der Waals surface area contributed by atoms with E-state index in [-0.39, 0.29) is 24.5 Å². The SMILES string of the molecule is C[C@@H](CNC(=O)N1CCC[C@@H]1c1cnn(C)c1)c1ccc(F)cc1F. The molecular weight excluding hydrogens is 326 g/mol. The molecule has 1 fully saturated rings. The molecule has 1 saturated heterocycles. The highest BCUT2D eigenvalue weighted by molar-refractivity contribution is 5.75. The number of nitrogens with one attached hydrogen (secondary N) is 1. The zero-order valence-electron chi connectivity index (χ0n) is 14.4. The minimum Gasteiger partial charge on any atom is -0.337 e. The summed E-state index contributed by atoms with van der Waals surface area (Å²) in [5.74, 6) is -1.44. The van der Waals surface area contributed by atoms with Gasteiger partial charge in [0, 0.05) is 43.9 Å². The summed E-state index contributed by atoms with van der Waals surface area (Å²) in [6, 6.07) is 3.38. The standard InChI is InChI=1S/C18H22F2N4O/c1-12(15-6-5-14(19)8-16(15)20)9-21-18(25)24-7-3-4-17(24)13-10-22-23(2)11-13/h5-6,8,10-12,17H,3-4,7,9H2,1-2H3,(H,21,25)/t12-,17+/m0/s1. The lowest BCUT2D eigenvalue weighted by molar-refractivity contribution is 0.192. The van der Waals surface area contributed by atoms with E-state index in [1.165, 1.54) is 12.1 Å². The molecule has 2 aromatic rings. The molecule has 1 aromatic heterocycles. The Labute approximate surface area is 145 Å². The van der Waals surface area contributed by atoms with E-state index in [2.05, 4.69) is 10.4 Å². The van der Waals surface area contributed by atoms with Crippen LogP contribution in [0.1, 0.15) is 42.9 Å². The molecule has 134 valence electrons. The van der Waals surface area contributed by atoms with Crippen molar-refractivity contribution in [1.82, 2.24) is 20.0 Å². The van der Waals surface area contributed by atoms with Crippen molar-refractivity contribution in [2.45, 2.75) is 31.7 Å². The topological polar surface area (TPSA) is 50.2 Å². The van der Waals surface area contributed by atoms with Gasteiger partial charge < -0.3 is 10.2 Å². The number of hydrogen-bond donors (Lipinski definition) is 1. The van der Waals surface area contributed by atoms with Gasteiger partial charge in [0.05, 0.1) is 12.2 Å². The lowest BCUT2D eigenvalue weighted by atomic mass is 10.0. The average molecular weight is 348 g/mol. The third-order valence-electron chi connectivity index (χ3n) is 4.68. The van der Waals surface area contributed by atoms with Crippen molar-refractivity contribution < 1.29 is 13.6 Å². The Morgan fingerprint density at radius 2 is 2.24 bits per heavy atom. The van der Waals surface area contributed by atoms with Gasteiger partial charge in [-0.15, -0.1) is 0 Å². The molecule has 0 spiro atoms. The van der Waals surface area contributed by atoms with Crippen molar-refractivity contribution in [3.8, 4) is 0 Å². The van der Waals surface area contributed by atoms with Gasteiger partial charge in [-0.25, -0.2) is 13.6 Å². The van der Waals surface area contributed by atoms with E-state index in [4.69, 9.17) is 0 Å². The fraction of sp³-hybridized carbons (Fsp3) is 0.444. The number of aryl methyl sites for hydroxylation is 1. The molecule has 1 aliphatic rings. The quantitative estimate of drug-likeness (QED) is 0.921. The zero-order chi connectivity index (χ0) is 18.0. The minimum absolute atomic E-state index is 0.0200. The van der Waals surface area contributed by atoms with Crippen molar-refractivity contribution >= 4 is 6.03 Å². The highest BCUT2D eigenvalue weighted by Crippen LogP contribution is 2.31. The second-order valence-electron chi connectivity index (χ2n) is 6.55. The molecule has 25 heavy (non-hydrogen) atoms. The molecule has 0 unspecified atom stereocenters. The first-order valence-corrected chi connectivity index (χ1v) is 8.43. The summed E-state index contributed by atoms with van der Waals surface area (Å²) in [5.41, 5.74) is 1.42. The third-order valence-corrected chi connectivity index (χ3v) is 4.68. The van der Waals surface area contributed by atoms with E-state index in [1.807, 2.05) is 13.2 Å². The summed E-state index contributed by atoms with van der Waals surface area (Å²) in [5, 5.41) is 7.04. The number of likely N-dealkylation sites (tertiary alicyclic amines) is 1. The highest BCUT2D eigenvalue weighted by atomic mass is 19.1. The van der Waals surface area contributed by atoms with Crippen LogP contribution in [-0.4, -0.2) is 33.8 Å². The number of nitrogens with zero attached hydrogens (tertiary/aromatic N) is 3. The van der Waals surface area contributed by atoms with E-state index in [0.29, 0.717) is 12.1 Å². The normalized spacial score (nSPS) is 18.4. The molecule has 5 nitrogen and oxygen atoms in total. The van der Waals surface area contributed by atoms with Gasteiger partial charge in [-0.1, -0.05) is 13.0 Å². The number of urea groups is 1. The van der Waals surface area contributed by atoms with Crippen molar-refractivity contribution in [2.24, 2.45) is 7.05 Å². The van der Waals surface area contributed by atoms with Gasteiger partial charge in [0.1, 0.15) is 11.6 Å². The van der Waals surface area contributed by atoms with Crippen molar-refractivity contribution in [1.29, 1.82) is 0 Å². The van der Waals surface area contributed by atoms with Crippen molar-refractivity contribution in [3.05, 3.63) is 53.4 Å².